The van der Waals surface area contributed by atoms with Crippen molar-refractivity contribution < 1.29 is 4.42 Å². The van der Waals surface area contributed by atoms with Crippen LogP contribution in [0, 0.1) is 0 Å². The standard InChI is InChI=1S/C61H39N3OSi/c1-3-16-45(17-4-1)66(46-18-5-2-6-19-46)58-26-14-12-24-55(58)64(60-36-31-41-15-7-10-22-52(41)62-60)56-35-30-43(38-59(56)66)42-29-34-54-51(37-42)47-20-8-11-23-53(47)63(54)44-32-27-40-28-33-49-48-21-9-13-25-57(48)65-61(49)50(40)39-44/h1-39H. The fourth-order valence-corrected chi connectivity index (χ4v) is 16.3. The molecule has 1 aliphatic heterocycles. The van der Waals surface area contributed by atoms with Gasteiger partial charge in [0, 0.05) is 49.4 Å². The number of anilines is 3. The van der Waals surface area contributed by atoms with Crippen LogP contribution >= 0.6 is 0 Å². The summed E-state index contributed by atoms with van der Waals surface area (Å²) in [5, 5.41) is 13.5. The van der Waals surface area contributed by atoms with E-state index in [1.54, 1.807) is 0 Å². The first kappa shape index (κ1) is 36.9. The molecule has 0 aliphatic carbocycles. The molecule has 0 bridgehead atoms. The van der Waals surface area contributed by atoms with Gasteiger partial charge in [0.05, 0.1) is 16.6 Å². The molecule has 0 atom stereocenters. The molecule has 0 unspecified atom stereocenters. The van der Waals surface area contributed by atoms with Crippen LogP contribution in [0.25, 0.3) is 82.2 Å². The number of rotatable bonds is 5. The number of para-hydroxylation sites is 4. The summed E-state index contributed by atoms with van der Waals surface area (Å²) in [7, 11) is -2.94. The maximum absolute atomic E-state index is 6.54. The second kappa shape index (κ2) is 14.2. The first-order chi connectivity index (χ1) is 32.7. The minimum Gasteiger partial charge on any atom is -0.455 e. The predicted octanol–water partition coefficient (Wildman–Crippen LogP) is 13.2. The molecule has 66 heavy (non-hydrogen) atoms. The van der Waals surface area contributed by atoms with Crippen molar-refractivity contribution in [2.75, 3.05) is 4.90 Å². The lowest BCUT2D eigenvalue weighted by Crippen LogP contribution is -2.77. The van der Waals surface area contributed by atoms with Gasteiger partial charge in [-0.05, 0) is 110 Å². The second-order valence-electron chi connectivity index (χ2n) is 17.5. The minimum atomic E-state index is -2.94. The van der Waals surface area contributed by atoms with E-state index in [0.717, 1.165) is 66.3 Å². The fraction of sp³-hybridized carbons (Fsp3) is 0. The van der Waals surface area contributed by atoms with Gasteiger partial charge in [-0.25, -0.2) is 4.98 Å². The van der Waals surface area contributed by atoms with E-state index in [2.05, 4.69) is 240 Å². The van der Waals surface area contributed by atoms with Crippen molar-refractivity contribution in [3.05, 3.63) is 237 Å². The molecule has 0 radical (unpaired) electrons. The molecule has 5 heteroatoms. The van der Waals surface area contributed by atoms with Crippen LogP contribution in [0.5, 0.6) is 0 Å². The van der Waals surface area contributed by atoms with Gasteiger partial charge in [-0.15, -0.1) is 0 Å². The zero-order valence-corrected chi connectivity index (χ0v) is 36.8. The van der Waals surface area contributed by atoms with Gasteiger partial charge in [-0.3, -0.25) is 4.90 Å². The van der Waals surface area contributed by atoms with Crippen LogP contribution < -0.4 is 25.6 Å². The molecule has 0 amide bonds. The van der Waals surface area contributed by atoms with Crippen molar-refractivity contribution >= 4 is 111 Å². The molecule has 308 valence electrons. The smallest absolute Gasteiger partial charge is 0.184 e. The van der Waals surface area contributed by atoms with E-state index < -0.39 is 8.07 Å². The molecule has 14 rings (SSSR count). The van der Waals surface area contributed by atoms with E-state index in [1.807, 2.05) is 6.07 Å². The molecule has 0 N–H and O–H groups in total. The van der Waals surface area contributed by atoms with Crippen molar-refractivity contribution in [3.63, 3.8) is 0 Å². The molecule has 4 nitrogen and oxygen atoms in total. The highest BCUT2D eigenvalue weighted by molar-refractivity contribution is 7.21. The van der Waals surface area contributed by atoms with Gasteiger partial charge < -0.3 is 8.98 Å². The number of pyridine rings is 1. The number of hydrogen-bond acceptors (Lipinski definition) is 3. The van der Waals surface area contributed by atoms with Crippen LogP contribution in [-0.2, 0) is 0 Å². The van der Waals surface area contributed by atoms with Gasteiger partial charge >= 0.3 is 0 Å². The van der Waals surface area contributed by atoms with Crippen LogP contribution in [0.2, 0.25) is 0 Å². The van der Waals surface area contributed by atoms with Crippen LogP contribution in [0.15, 0.2) is 241 Å². The Balaban J connectivity index is 1.000. The van der Waals surface area contributed by atoms with E-state index in [9.17, 15) is 0 Å². The van der Waals surface area contributed by atoms with Gasteiger partial charge in [0.15, 0.2) is 8.07 Å². The molecular weight excluding hydrogens is 819 g/mol. The first-order valence-electron chi connectivity index (χ1n) is 22.6. The molecule has 10 aromatic carbocycles. The van der Waals surface area contributed by atoms with Gasteiger partial charge in [0.2, 0.25) is 0 Å². The minimum absolute atomic E-state index is 0.905. The highest BCUT2D eigenvalue weighted by Crippen LogP contribution is 2.42. The Morgan fingerprint density at radius 3 is 1.91 bits per heavy atom. The monoisotopic (exact) mass is 857 g/mol. The molecule has 4 heterocycles. The molecule has 0 saturated carbocycles. The topological polar surface area (TPSA) is 34.2 Å². The van der Waals surface area contributed by atoms with Crippen molar-refractivity contribution in [2.45, 2.75) is 0 Å². The van der Waals surface area contributed by atoms with Crippen molar-refractivity contribution in [2.24, 2.45) is 0 Å². The Hall–Kier alpha value is -8.51. The van der Waals surface area contributed by atoms with E-state index in [0.29, 0.717) is 0 Å². The van der Waals surface area contributed by atoms with Crippen molar-refractivity contribution in [3.8, 4) is 16.8 Å². The number of hydrogen-bond donors (Lipinski definition) is 0. The highest BCUT2D eigenvalue weighted by Gasteiger charge is 2.49. The van der Waals surface area contributed by atoms with Gasteiger partial charge in [0.25, 0.3) is 0 Å². The normalized spacial score (nSPS) is 13.2. The summed E-state index contributed by atoms with van der Waals surface area (Å²) in [4.78, 5) is 7.74. The Morgan fingerprint density at radius 1 is 0.394 bits per heavy atom. The first-order valence-corrected chi connectivity index (χ1v) is 24.6. The molecule has 0 fully saturated rings. The zero-order chi connectivity index (χ0) is 43.3. The predicted molar refractivity (Wildman–Crippen MR) is 278 cm³/mol. The summed E-state index contributed by atoms with van der Waals surface area (Å²) >= 11 is 0. The summed E-state index contributed by atoms with van der Waals surface area (Å²) in [6.07, 6.45) is 0. The largest absolute Gasteiger partial charge is 0.455 e. The Bertz CT molecular complexity index is 4040. The molecule has 0 spiro atoms. The lowest BCUT2D eigenvalue weighted by atomic mass is 10.0. The van der Waals surface area contributed by atoms with Gasteiger partial charge in [-0.1, -0.05) is 164 Å². The highest BCUT2D eigenvalue weighted by atomic mass is 28.3. The van der Waals surface area contributed by atoms with Gasteiger partial charge in [0.1, 0.15) is 17.0 Å². The third-order valence-corrected chi connectivity index (χ3v) is 18.9. The molecule has 1 aliphatic rings. The van der Waals surface area contributed by atoms with E-state index in [-0.39, 0.29) is 0 Å². The Morgan fingerprint density at radius 2 is 1.05 bits per heavy atom. The lowest BCUT2D eigenvalue weighted by Gasteiger charge is -2.44. The number of fused-ring (bicyclic) bond motifs is 11. The van der Waals surface area contributed by atoms with Gasteiger partial charge in [-0.2, -0.15) is 0 Å². The lowest BCUT2D eigenvalue weighted by molar-refractivity contribution is 0.672. The second-order valence-corrected chi connectivity index (χ2v) is 21.2. The number of furan rings is 1. The molecule has 13 aromatic rings. The SMILES string of the molecule is c1ccc([Si]2(c3ccccc3)c3ccccc3N(c3ccc4ccccc4n3)c3ccc(-c4ccc5c(c4)c4ccccc4n5-c4ccc5ccc6c7ccccc7oc6c5c4)cc32)cc1. The Kier molecular flexibility index (Phi) is 7.97. The maximum atomic E-state index is 6.54. The van der Waals surface area contributed by atoms with E-state index in [1.165, 1.54) is 53.9 Å². The number of benzene rings is 10. The quantitative estimate of drug-likeness (QED) is 0.162. The summed E-state index contributed by atoms with van der Waals surface area (Å²) in [6.45, 7) is 0. The Labute approximate surface area is 381 Å². The molecule has 0 saturated heterocycles. The van der Waals surface area contributed by atoms with Crippen LogP contribution in [-0.4, -0.2) is 17.6 Å². The van der Waals surface area contributed by atoms with Crippen LogP contribution in [0.3, 0.4) is 0 Å². The molecular formula is C61H39N3OSi. The van der Waals surface area contributed by atoms with E-state index in [4.69, 9.17) is 9.40 Å². The summed E-state index contributed by atoms with van der Waals surface area (Å²) in [5.41, 5.74) is 10.9. The van der Waals surface area contributed by atoms with Crippen molar-refractivity contribution in [1.29, 1.82) is 0 Å². The maximum Gasteiger partial charge on any atom is 0.184 e. The zero-order valence-electron chi connectivity index (χ0n) is 35.8. The third-order valence-electron chi connectivity index (χ3n) is 14.0. The number of nitrogens with zero attached hydrogens (tertiary/aromatic N) is 3. The third kappa shape index (κ3) is 5.29. The van der Waals surface area contributed by atoms with E-state index >= 15 is 0 Å². The average molecular weight is 858 g/mol. The van der Waals surface area contributed by atoms with Crippen LogP contribution in [0.1, 0.15) is 0 Å². The fourth-order valence-electron chi connectivity index (χ4n) is 11.1. The average Bonchev–Trinajstić information content (AvgIpc) is 3.94. The summed E-state index contributed by atoms with van der Waals surface area (Å²) in [5.74, 6) is 0.905. The molecule has 3 aromatic heterocycles. The number of aromatic nitrogens is 2. The summed E-state index contributed by atoms with van der Waals surface area (Å²) < 4.78 is 8.96. The van der Waals surface area contributed by atoms with Crippen LogP contribution in [0.4, 0.5) is 17.2 Å². The van der Waals surface area contributed by atoms with Crippen molar-refractivity contribution in [1.82, 2.24) is 9.55 Å². The summed E-state index contributed by atoms with van der Waals surface area (Å²) in [6, 6.07) is 86.8.